The fraction of sp³-hybridized carbons (Fsp3) is 0.353. The van der Waals surface area contributed by atoms with Gasteiger partial charge in [0.15, 0.2) is 6.61 Å². The molecule has 0 radical (unpaired) electrons. The Morgan fingerprint density at radius 2 is 1.65 bits per heavy atom. The van der Waals surface area contributed by atoms with E-state index in [2.05, 4.69) is 5.32 Å². The molecule has 0 bridgehead atoms. The molecule has 1 N–H and O–H groups in total. The summed E-state index contributed by atoms with van der Waals surface area (Å²) in [6.45, 7) is -0.869. The normalized spacial score (nSPS) is 12.6. The van der Waals surface area contributed by atoms with E-state index < -0.39 is 30.3 Å². The fourth-order valence-electron chi connectivity index (χ4n) is 2.25. The summed E-state index contributed by atoms with van der Waals surface area (Å²) in [6, 6.07) is 6.41. The van der Waals surface area contributed by atoms with Gasteiger partial charge in [-0.1, -0.05) is 12.1 Å². The van der Waals surface area contributed by atoms with E-state index in [1.807, 2.05) is 0 Å². The second-order valence-electron chi connectivity index (χ2n) is 5.78. The standard InChI is InChI=1S/C17H19N3O6/c1-19(2)14(22)9-18-13(21)10-26-15(23)7-8-20-16(24)11-5-3-4-6-12(11)17(20)25/h3-6H,7-10H2,1-2H3,(H,18,21). The molecule has 1 aromatic rings. The number of hydrogen-bond donors (Lipinski definition) is 1. The highest BCUT2D eigenvalue weighted by Crippen LogP contribution is 2.22. The first kappa shape index (κ1) is 19.1. The van der Waals surface area contributed by atoms with Crippen LogP contribution in [0.15, 0.2) is 24.3 Å². The minimum Gasteiger partial charge on any atom is -0.456 e. The van der Waals surface area contributed by atoms with Crippen molar-refractivity contribution in [2.24, 2.45) is 0 Å². The maximum atomic E-state index is 12.1. The molecule has 1 aliphatic heterocycles. The Balaban J connectivity index is 1.74. The largest absolute Gasteiger partial charge is 0.456 e. The second kappa shape index (κ2) is 8.24. The number of amides is 4. The predicted molar refractivity (Wildman–Crippen MR) is 89.1 cm³/mol. The molecule has 0 unspecified atom stereocenters. The molecule has 0 atom stereocenters. The molecular formula is C17H19N3O6. The average Bonchev–Trinajstić information content (AvgIpc) is 2.87. The molecule has 1 aliphatic rings. The van der Waals surface area contributed by atoms with E-state index in [1.165, 1.54) is 4.90 Å². The number of benzene rings is 1. The predicted octanol–water partition coefficient (Wildman–Crippen LogP) is -0.580. The van der Waals surface area contributed by atoms with Crippen LogP contribution in [0.4, 0.5) is 0 Å². The van der Waals surface area contributed by atoms with Crippen molar-refractivity contribution >= 4 is 29.6 Å². The van der Waals surface area contributed by atoms with Gasteiger partial charge >= 0.3 is 5.97 Å². The van der Waals surface area contributed by atoms with Gasteiger partial charge in [0.1, 0.15) is 0 Å². The van der Waals surface area contributed by atoms with Crippen LogP contribution in [0.2, 0.25) is 0 Å². The van der Waals surface area contributed by atoms with Crippen LogP contribution in [0.1, 0.15) is 27.1 Å². The van der Waals surface area contributed by atoms with Crippen LogP contribution in [-0.2, 0) is 19.1 Å². The lowest BCUT2D eigenvalue weighted by Gasteiger charge is -2.13. The van der Waals surface area contributed by atoms with E-state index in [-0.39, 0.29) is 25.4 Å². The molecule has 0 saturated heterocycles. The SMILES string of the molecule is CN(C)C(=O)CNC(=O)COC(=O)CCN1C(=O)c2ccccc2C1=O. The molecule has 26 heavy (non-hydrogen) atoms. The first-order valence-corrected chi connectivity index (χ1v) is 7.89. The van der Waals surface area contributed by atoms with E-state index in [0.717, 1.165) is 4.90 Å². The third kappa shape index (κ3) is 4.44. The van der Waals surface area contributed by atoms with Crippen molar-refractivity contribution in [3.05, 3.63) is 35.4 Å². The number of fused-ring (bicyclic) bond motifs is 1. The Morgan fingerprint density at radius 3 is 2.19 bits per heavy atom. The van der Waals surface area contributed by atoms with Crippen LogP contribution in [0, 0.1) is 0 Å². The van der Waals surface area contributed by atoms with Gasteiger partial charge in [-0.05, 0) is 12.1 Å². The number of imide groups is 1. The number of rotatable bonds is 7. The van der Waals surface area contributed by atoms with E-state index in [0.29, 0.717) is 11.1 Å². The van der Waals surface area contributed by atoms with Crippen molar-refractivity contribution in [1.29, 1.82) is 0 Å². The third-order valence-electron chi connectivity index (χ3n) is 3.72. The highest BCUT2D eigenvalue weighted by molar-refractivity contribution is 6.21. The number of ether oxygens (including phenoxy) is 1. The molecule has 2 rings (SSSR count). The Bertz CT molecular complexity index is 724. The molecular weight excluding hydrogens is 342 g/mol. The van der Waals surface area contributed by atoms with Crippen LogP contribution >= 0.6 is 0 Å². The lowest BCUT2D eigenvalue weighted by molar-refractivity contribution is -0.148. The number of likely N-dealkylation sites (N-methyl/N-ethyl adjacent to an activating group) is 1. The summed E-state index contributed by atoms with van der Waals surface area (Å²) < 4.78 is 4.78. The smallest absolute Gasteiger partial charge is 0.308 e. The maximum absolute atomic E-state index is 12.1. The molecule has 1 heterocycles. The van der Waals surface area contributed by atoms with Gasteiger partial charge in [-0.2, -0.15) is 0 Å². The van der Waals surface area contributed by atoms with Gasteiger partial charge < -0.3 is 15.0 Å². The molecule has 9 heteroatoms. The van der Waals surface area contributed by atoms with Gasteiger partial charge in [0.2, 0.25) is 5.91 Å². The van der Waals surface area contributed by atoms with E-state index in [1.54, 1.807) is 38.4 Å². The zero-order valence-electron chi connectivity index (χ0n) is 14.5. The summed E-state index contributed by atoms with van der Waals surface area (Å²) in [5.41, 5.74) is 0.603. The molecule has 0 saturated carbocycles. The molecule has 0 spiro atoms. The van der Waals surface area contributed by atoms with Crippen molar-refractivity contribution < 1.29 is 28.7 Å². The molecule has 4 amide bonds. The van der Waals surface area contributed by atoms with Crippen molar-refractivity contribution in [3.63, 3.8) is 0 Å². The first-order valence-electron chi connectivity index (χ1n) is 7.89. The zero-order valence-corrected chi connectivity index (χ0v) is 14.5. The summed E-state index contributed by atoms with van der Waals surface area (Å²) in [5, 5.41) is 2.32. The molecule has 0 aromatic heterocycles. The van der Waals surface area contributed by atoms with Gasteiger partial charge in [-0.25, -0.2) is 0 Å². The molecule has 1 aromatic carbocycles. The van der Waals surface area contributed by atoms with Gasteiger partial charge in [0, 0.05) is 20.6 Å². The van der Waals surface area contributed by atoms with Crippen LogP contribution in [0.3, 0.4) is 0 Å². The zero-order chi connectivity index (χ0) is 19.3. The molecule has 0 fully saturated rings. The van der Waals surface area contributed by atoms with Gasteiger partial charge in [0.05, 0.1) is 24.1 Å². The first-order chi connectivity index (χ1) is 12.3. The molecule has 0 aliphatic carbocycles. The number of hydrogen-bond acceptors (Lipinski definition) is 6. The lowest BCUT2D eigenvalue weighted by Crippen LogP contribution is -2.38. The van der Waals surface area contributed by atoms with Crippen molar-refractivity contribution in [2.75, 3.05) is 33.8 Å². The van der Waals surface area contributed by atoms with Crippen LogP contribution < -0.4 is 5.32 Å². The number of nitrogens with zero attached hydrogens (tertiary/aromatic N) is 2. The van der Waals surface area contributed by atoms with Crippen LogP contribution in [0.25, 0.3) is 0 Å². The van der Waals surface area contributed by atoms with E-state index in [4.69, 9.17) is 4.74 Å². The van der Waals surface area contributed by atoms with Gasteiger partial charge in [-0.3, -0.25) is 28.9 Å². The Kier molecular flexibility index (Phi) is 6.05. The van der Waals surface area contributed by atoms with E-state index >= 15 is 0 Å². The monoisotopic (exact) mass is 361 g/mol. The lowest BCUT2D eigenvalue weighted by atomic mass is 10.1. The highest BCUT2D eigenvalue weighted by Gasteiger charge is 2.35. The summed E-state index contributed by atoms with van der Waals surface area (Å²) in [6.07, 6.45) is -0.227. The molecule has 138 valence electrons. The Labute approximate surface area is 149 Å². The molecule has 9 nitrogen and oxygen atoms in total. The number of carbonyl (C=O) groups excluding carboxylic acids is 5. The summed E-state index contributed by atoms with van der Waals surface area (Å²) in [4.78, 5) is 61.1. The maximum Gasteiger partial charge on any atom is 0.308 e. The van der Waals surface area contributed by atoms with Crippen molar-refractivity contribution in [2.45, 2.75) is 6.42 Å². The number of carbonyl (C=O) groups is 5. The average molecular weight is 361 g/mol. The number of nitrogens with one attached hydrogen (secondary N) is 1. The highest BCUT2D eigenvalue weighted by atomic mass is 16.5. The quantitative estimate of drug-likeness (QED) is 0.514. The third-order valence-corrected chi connectivity index (χ3v) is 3.72. The summed E-state index contributed by atoms with van der Waals surface area (Å²) in [5.74, 6) is -2.56. The van der Waals surface area contributed by atoms with E-state index in [9.17, 15) is 24.0 Å². The number of esters is 1. The van der Waals surface area contributed by atoms with Crippen LogP contribution in [0.5, 0.6) is 0 Å². The topological polar surface area (TPSA) is 113 Å². The second-order valence-corrected chi connectivity index (χ2v) is 5.78. The Hall–Kier alpha value is -3.23. The summed E-state index contributed by atoms with van der Waals surface area (Å²) >= 11 is 0. The minimum absolute atomic E-state index is 0.133. The van der Waals surface area contributed by atoms with Gasteiger partial charge in [0.25, 0.3) is 17.7 Å². The van der Waals surface area contributed by atoms with Crippen molar-refractivity contribution in [3.8, 4) is 0 Å². The summed E-state index contributed by atoms with van der Waals surface area (Å²) in [7, 11) is 3.10. The van der Waals surface area contributed by atoms with Gasteiger partial charge in [-0.15, -0.1) is 0 Å². The van der Waals surface area contributed by atoms with Crippen LogP contribution in [-0.4, -0.2) is 73.2 Å². The fourth-order valence-corrected chi connectivity index (χ4v) is 2.25. The van der Waals surface area contributed by atoms with Crippen molar-refractivity contribution in [1.82, 2.24) is 15.1 Å². The minimum atomic E-state index is -0.726. The Morgan fingerprint density at radius 1 is 1.08 bits per heavy atom.